The summed E-state index contributed by atoms with van der Waals surface area (Å²) in [6.07, 6.45) is 3.75. The topological polar surface area (TPSA) is 93.8 Å². The Morgan fingerprint density at radius 1 is 1.48 bits per heavy atom. The predicted octanol–water partition coefficient (Wildman–Crippen LogP) is 0.467. The van der Waals surface area contributed by atoms with E-state index in [1.807, 2.05) is 13.1 Å². The van der Waals surface area contributed by atoms with Crippen LogP contribution in [0.1, 0.15) is 18.2 Å². The van der Waals surface area contributed by atoms with Gasteiger partial charge in [-0.2, -0.15) is 10.2 Å². The van der Waals surface area contributed by atoms with Crippen LogP contribution in [0.2, 0.25) is 0 Å². The summed E-state index contributed by atoms with van der Waals surface area (Å²) in [4.78, 5) is 0.219. The second kappa shape index (κ2) is 4.76. The lowest BCUT2D eigenvalue weighted by Gasteiger charge is -2.26. The maximum absolute atomic E-state index is 12.1. The zero-order chi connectivity index (χ0) is 15.2. The average molecular weight is 310 g/mol. The number of nitrogens with one attached hydrogen (secondary N) is 2. The van der Waals surface area contributed by atoms with Gasteiger partial charge in [-0.15, -0.1) is 0 Å². The minimum absolute atomic E-state index is 0.0312. The van der Waals surface area contributed by atoms with Gasteiger partial charge in [0.2, 0.25) is 0 Å². The standard InChI is InChI=1S/C12H18N6O2S/c1-13-11-10(21(3,19)20)12-14-6-4-9(18(12)16-11)8-5-7-15-17(8)2/h5,7,9,14H,4,6H2,1-3H3,(H,13,16). The Hall–Kier alpha value is -2.03. The number of hydrogen-bond acceptors (Lipinski definition) is 6. The van der Waals surface area contributed by atoms with Crippen molar-refractivity contribution in [2.45, 2.75) is 17.4 Å². The molecular weight excluding hydrogens is 292 g/mol. The van der Waals surface area contributed by atoms with Gasteiger partial charge >= 0.3 is 0 Å². The van der Waals surface area contributed by atoms with E-state index in [1.54, 1.807) is 22.6 Å². The van der Waals surface area contributed by atoms with Crippen molar-refractivity contribution in [3.8, 4) is 0 Å². The molecule has 0 aliphatic carbocycles. The van der Waals surface area contributed by atoms with Crippen molar-refractivity contribution < 1.29 is 8.42 Å². The van der Waals surface area contributed by atoms with Gasteiger partial charge in [0.05, 0.1) is 11.7 Å². The second-order valence-corrected chi connectivity index (χ2v) is 7.06. The normalized spacial score (nSPS) is 18.1. The summed E-state index contributed by atoms with van der Waals surface area (Å²) in [6.45, 7) is 0.688. The molecule has 1 aliphatic heterocycles. The summed E-state index contributed by atoms with van der Waals surface area (Å²) in [7, 11) is 0.164. The number of nitrogens with zero attached hydrogens (tertiary/aromatic N) is 4. The van der Waals surface area contributed by atoms with Crippen molar-refractivity contribution in [3.05, 3.63) is 18.0 Å². The molecule has 0 saturated heterocycles. The van der Waals surface area contributed by atoms with E-state index in [-0.39, 0.29) is 10.9 Å². The lowest BCUT2D eigenvalue weighted by Crippen LogP contribution is -2.26. The van der Waals surface area contributed by atoms with Gasteiger partial charge in [-0.3, -0.25) is 4.68 Å². The molecule has 21 heavy (non-hydrogen) atoms. The number of aromatic nitrogens is 4. The fourth-order valence-electron chi connectivity index (χ4n) is 2.75. The molecule has 114 valence electrons. The summed E-state index contributed by atoms with van der Waals surface area (Å²) in [6, 6.07) is 1.90. The smallest absolute Gasteiger partial charge is 0.182 e. The number of anilines is 2. The maximum Gasteiger partial charge on any atom is 0.182 e. The van der Waals surface area contributed by atoms with Crippen LogP contribution in [0.3, 0.4) is 0 Å². The van der Waals surface area contributed by atoms with Gasteiger partial charge in [-0.25, -0.2) is 13.1 Å². The Kier molecular flexibility index (Phi) is 3.16. The fraction of sp³-hybridized carbons (Fsp3) is 0.500. The molecule has 3 rings (SSSR count). The van der Waals surface area contributed by atoms with Crippen LogP contribution in [-0.2, 0) is 16.9 Å². The molecule has 2 aromatic rings. The molecule has 0 radical (unpaired) electrons. The number of rotatable bonds is 3. The summed E-state index contributed by atoms with van der Waals surface area (Å²) < 4.78 is 27.6. The molecule has 0 saturated carbocycles. The van der Waals surface area contributed by atoms with Crippen molar-refractivity contribution in [3.63, 3.8) is 0 Å². The quantitative estimate of drug-likeness (QED) is 0.856. The van der Waals surface area contributed by atoms with Crippen molar-refractivity contribution >= 4 is 21.5 Å². The Labute approximate surface area is 123 Å². The van der Waals surface area contributed by atoms with Crippen LogP contribution in [0.5, 0.6) is 0 Å². The highest BCUT2D eigenvalue weighted by Gasteiger charge is 2.32. The van der Waals surface area contributed by atoms with E-state index in [9.17, 15) is 8.42 Å². The van der Waals surface area contributed by atoms with Crippen LogP contribution in [0.25, 0.3) is 0 Å². The van der Waals surface area contributed by atoms with Gasteiger partial charge in [0.25, 0.3) is 0 Å². The molecule has 1 atom stereocenters. The minimum Gasteiger partial charge on any atom is -0.371 e. The molecule has 0 spiro atoms. The van der Waals surface area contributed by atoms with Crippen LogP contribution in [0.4, 0.5) is 11.6 Å². The van der Waals surface area contributed by atoms with Gasteiger partial charge in [-0.05, 0) is 12.5 Å². The third-order valence-electron chi connectivity index (χ3n) is 3.68. The predicted molar refractivity (Wildman–Crippen MR) is 79.3 cm³/mol. The fourth-order valence-corrected chi connectivity index (χ4v) is 3.77. The highest BCUT2D eigenvalue weighted by Crippen LogP contribution is 2.37. The Morgan fingerprint density at radius 2 is 2.24 bits per heavy atom. The van der Waals surface area contributed by atoms with E-state index in [0.717, 1.165) is 12.1 Å². The molecule has 0 bridgehead atoms. The first-order chi connectivity index (χ1) is 9.93. The summed E-state index contributed by atoms with van der Waals surface area (Å²) >= 11 is 0. The van der Waals surface area contributed by atoms with Gasteiger partial charge < -0.3 is 10.6 Å². The van der Waals surface area contributed by atoms with E-state index >= 15 is 0 Å². The number of fused-ring (bicyclic) bond motifs is 1. The van der Waals surface area contributed by atoms with Crippen LogP contribution < -0.4 is 10.6 Å². The summed E-state index contributed by atoms with van der Waals surface area (Å²) in [5.74, 6) is 0.911. The van der Waals surface area contributed by atoms with Gasteiger partial charge in [0.1, 0.15) is 5.82 Å². The lowest BCUT2D eigenvalue weighted by molar-refractivity contribution is 0.452. The Morgan fingerprint density at radius 3 is 2.81 bits per heavy atom. The molecule has 8 nitrogen and oxygen atoms in total. The van der Waals surface area contributed by atoms with Crippen molar-refractivity contribution in [1.29, 1.82) is 0 Å². The Balaban J connectivity index is 2.20. The van der Waals surface area contributed by atoms with Crippen LogP contribution in [-0.4, -0.2) is 47.8 Å². The number of aryl methyl sites for hydroxylation is 1. The summed E-state index contributed by atoms with van der Waals surface area (Å²) in [5, 5.41) is 14.6. The molecule has 0 fully saturated rings. The first-order valence-corrected chi connectivity index (χ1v) is 8.54. The molecule has 0 aromatic carbocycles. The molecule has 1 unspecified atom stereocenters. The van der Waals surface area contributed by atoms with E-state index in [4.69, 9.17) is 0 Å². The Bertz CT molecular complexity index is 776. The molecule has 1 aliphatic rings. The third kappa shape index (κ3) is 2.17. The van der Waals surface area contributed by atoms with Gasteiger partial charge in [0.15, 0.2) is 20.6 Å². The monoisotopic (exact) mass is 310 g/mol. The molecule has 3 heterocycles. The van der Waals surface area contributed by atoms with Gasteiger partial charge in [0, 0.05) is 33.1 Å². The highest BCUT2D eigenvalue weighted by atomic mass is 32.2. The first-order valence-electron chi connectivity index (χ1n) is 6.65. The largest absolute Gasteiger partial charge is 0.371 e. The van der Waals surface area contributed by atoms with Crippen LogP contribution >= 0.6 is 0 Å². The first kappa shape index (κ1) is 13.9. The third-order valence-corrected chi connectivity index (χ3v) is 4.81. The highest BCUT2D eigenvalue weighted by molar-refractivity contribution is 7.91. The summed E-state index contributed by atoms with van der Waals surface area (Å²) in [5.41, 5.74) is 1.00. The molecule has 2 N–H and O–H groups in total. The van der Waals surface area contributed by atoms with Crippen LogP contribution in [0, 0.1) is 0 Å². The maximum atomic E-state index is 12.1. The lowest BCUT2D eigenvalue weighted by atomic mass is 10.1. The SMILES string of the molecule is CNc1nn2c(c1S(C)(=O)=O)NCCC2c1ccnn1C. The van der Waals surface area contributed by atoms with Gasteiger partial charge in [-0.1, -0.05) is 0 Å². The number of hydrogen-bond donors (Lipinski definition) is 2. The molecule has 2 aromatic heterocycles. The molecule has 0 amide bonds. The van der Waals surface area contributed by atoms with Crippen LogP contribution in [0.15, 0.2) is 17.2 Å². The minimum atomic E-state index is -3.38. The van der Waals surface area contributed by atoms with Crippen molar-refractivity contribution in [2.75, 3.05) is 30.5 Å². The van der Waals surface area contributed by atoms with E-state index in [1.165, 1.54) is 6.26 Å². The molecular formula is C12H18N6O2S. The van der Waals surface area contributed by atoms with E-state index < -0.39 is 9.84 Å². The number of sulfone groups is 1. The van der Waals surface area contributed by atoms with Crippen molar-refractivity contribution in [2.24, 2.45) is 7.05 Å². The van der Waals surface area contributed by atoms with E-state index in [2.05, 4.69) is 20.8 Å². The molecule has 9 heteroatoms. The van der Waals surface area contributed by atoms with E-state index in [0.29, 0.717) is 18.2 Å². The zero-order valence-electron chi connectivity index (χ0n) is 12.2. The zero-order valence-corrected chi connectivity index (χ0v) is 13.0. The second-order valence-electron chi connectivity index (χ2n) is 5.10. The van der Waals surface area contributed by atoms with Crippen molar-refractivity contribution in [1.82, 2.24) is 19.6 Å². The average Bonchev–Trinajstić information content (AvgIpc) is 3.00.